The number of hydrogen-bond donors (Lipinski definition) is 0. The highest BCUT2D eigenvalue weighted by molar-refractivity contribution is 7.15. The van der Waals surface area contributed by atoms with Gasteiger partial charge in [-0.1, -0.05) is 5.16 Å². The number of likely N-dealkylation sites (tertiary alicyclic amines) is 1. The maximum absolute atomic E-state index is 12.9. The van der Waals surface area contributed by atoms with E-state index >= 15 is 0 Å². The Hall–Kier alpha value is -2.15. The number of carbonyl (C=O) groups excluding carboxylic acids is 1. The van der Waals surface area contributed by atoms with Crippen molar-refractivity contribution in [3.63, 3.8) is 0 Å². The molecule has 1 amide bonds. The normalized spacial score (nSPS) is 18.5. The van der Waals surface area contributed by atoms with Crippen LogP contribution in [0, 0.1) is 20.8 Å². The maximum Gasteiger partial charge on any atom is 0.259 e. The fourth-order valence-corrected chi connectivity index (χ4v) is 4.54. The van der Waals surface area contributed by atoms with Crippen LogP contribution in [0.1, 0.15) is 52.1 Å². The van der Waals surface area contributed by atoms with Crippen LogP contribution in [0.5, 0.6) is 0 Å². The maximum atomic E-state index is 12.9. The summed E-state index contributed by atoms with van der Waals surface area (Å²) in [6.45, 7) is 7.12. The standard InChI is InChI=1S/C17H20N4O2S/c1-10-14(11(2)23-19-10)16(22)20-6-4-5-13(9-20)15-17-21(7-8-24-17)12(3)18-15/h7-8,13H,4-6,9H2,1-3H3. The van der Waals surface area contributed by atoms with Crippen LogP contribution in [0.3, 0.4) is 0 Å². The molecule has 0 radical (unpaired) electrons. The first-order chi connectivity index (χ1) is 11.6. The first-order valence-corrected chi connectivity index (χ1v) is 9.08. The lowest BCUT2D eigenvalue weighted by Crippen LogP contribution is -2.39. The van der Waals surface area contributed by atoms with Crippen molar-refractivity contribution in [3.8, 4) is 0 Å². The number of nitrogens with zero attached hydrogens (tertiary/aromatic N) is 4. The van der Waals surface area contributed by atoms with Crippen LogP contribution in [0.4, 0.5) is 0 Å². The van der Waals surface area contributed by atoms with E-state index in [0.717, 1.165) is 30.9 Å². The number of hydrogen-bond acceptors (Lipinski definition) is 5. The van der Waals surface area contributed by atoms with Crippen molar-refractivity contribution in [2.45, 2.75) is 39.5 Å². The molecule has 1 saturated heterocycles. The summed E-state index contributed by atoms with van der Waals surface area (Å²) in [6, 6.07) is 0. The van der Waals surface area contributed by atoms with Crippen LogP contribution in [0.25, 0.3) is 4.83 Å². The van der Waals surface area contributed by atoms with Crippen molar-refractivity contribution in [1.82, 2.24) is 19.4 Å². The zero-order valence-electron chi connectivity index (χ0n) is 14.1. The molecule has 0 saturated carbocycles. The number of rotatable bonds is 2. The Morgan fingerprint density at radius 2 is 2.21 bits per heavy atom. The molecule has 1 aliphatic rings. The fraction of sp³-hybridized carbons (Fsp3) is 0.471. The van der Waals surface area contributed by atoms with Gasteiger partial charge in [0.05, 0.1) is 11.4 Å². The molecule has 0 aromatic carbocycles. The largest absolute Gasteiger partial charge is 0.361 e. The highest BCUT2D eigenvalue weighted by Gasteiger charge is 2.31. The summed E-state index contributed by atoms with van der Waals surface area (Å²) < 4.78 is 7.29. The number of fused-ring (bicyclic) bond motifs is 1. The molecule has 3 aromatic heterocycles. The number of aromatic nitrogens is 3. The van der Waals surface area contributed by atoms with Crippen LogP contribution in [0.2, 0.25) is 0 Å². The van der Waals surface area contributed by atoms with E-state index in [1.807, 2.05) is 18.7 Å². The fourth-order valence-electron chi connectivity index (χ4n) is 3.59. The van der Waals surface area contributed by atoms with Crippen LogP contribution in [0.15, 0.2) is 16.1 Å². The van der Waals surface area contributed by atoms with Crippen LogP contribution in [-0.2, 0) is 0 Å². The third-order valence-electron chi connectivity index (χ3n) is 4.80. The second-order valence-electron chi connectivity index (χ2n) is 6.41. The minimum atomic E-state index is 0.0225. The molecule has 6 nitrogen and oxygen atoms in total. The molecule has 0 aliphatic carbocycles. The van der Waals surface area contributed by atoms with E-state index in [2.05, 4.69) is 21.1 Å². The number of imidazole rings is 1. The molecular formula is C17H20N4O2S. The Morgan fingerprint density at radius 1 is 1.38 bits per heavy atom. The highest BCUT2D eigenvalue weighted by atomic mass is 32.1. The van der Waals surface area contributed by atoms with E-state index in [-0.39, 0.29) is 11.8 Å². The van der Waals surface area contributed by atoms with Gasteiger partial charge in [0.15, 0.2) is 0 Å². The summed E-state index contributed by atoms with van der Waals surface area (Å²) in [7, 11) is 0. The van der Waals surface area contributed by atoms with Crippen LogP contribution in [-0.4, -0.2) is 38.4 Å². The molecule has 1 aliphatic heterocycles. The average molecular weight is 344 g/mol. The molecule has 1 fully saturated rings. The molecule has 0 bridgehead atoms. The van der Waals surface area contributed by atoms with Gasteiger partial charge in [0.2, 0.25) is 0 Å². The minimum Gasteiger partial charge on any atom is -0.361 e. The van der Waals surface area contributed by atoms with Crippen LogP contribution < -0.4 is 0 Å². The molecular weight excluding hydrogens is 324 g/mol. The summed E-state index contributed by atoms with van der Waals surface area (Å²) in [5.41, 5.74) is 2.40. The lowest BCUT2D eigenvalue weighted by Gasteiger charge is -2.32. The van der Waals surface area contributed by atoms with Gasteiger partial charge >= 0.3 is 0 Å². The Morgan fingerprint density at radius 3 is 2.96 bits per heavy atom. The number of thiazole rings is 1. The van der Waals surface area contributed by atoms with Gasteiger partial charge in [-0.3, -0.25) is 9.20 Å². The van der Waals surface area contributed by atoms with Gasteiger partial charge in [-0.2, -0.15) is 0 Å². The highest BCUT2D eigenvalue weighted by Crippen LogP contribution is 2.32. The average Bonchev–Trinajstić information content (AvgIpc) is 3.25. The SMILES string of the molecule is Cc1noc(C)c1C(=O)N1CCCC(c2nc(C)n3ccsc23)C1. The second-order valence-corrected chi connectivity index (χ2v) is 7.31. The Kier molecular flexibility index (Phi) is 3.68. The first-order valence-electron chi connectivity index (χ1n) is 8.20. The second kappa shape index (κ2) is 5.73. The van der Waals surface area contributed by atoms with Gasteiger partial charge in [-0.25, -0.2) is 4.98 Å². The van der Waals surface area contributed by atoms with Gasteiger partial charge in [0, 0.05) is 30.6 Å². The summed E-state index contributed by atoms with van der Waals surface area (Å²) in [5.74, 6) is 1.91. The van der Waals surface area contributed by atoms with Crippen molar-refractivity contribution in [2.24, 2.45) is 0 Å². The zero-order valence-corrected chi connectivity index (χ0v) is 14.9. The zero-order chi connectivity index (χ0) is 16.8. The lowest BCUT2D eigenvalue weighted by atomic mass is 9.94. The van der Waals surface area contributed by atoms with E-state index in [0.29, 0.717) is 23.6 Å². The predicted octanol–water partition coefficient (Wildman–Crippen LogP) is 3.33. The van der Waals surface area contributed by atoms with Crippen molar-refractivity contribution < 1.29 is 9.32 Å². The minimum absolute atomic E-state index is 0.0225. The number of amides is 1. The number of carbonyl (C=O) groups is 1. The molecule has 126 valence electrons. The topological polar surface area (TPSA) is 63.6 Å². The van der Waals surface area contributed by atoms with Crippen molar-refractivity contribution in [1.29, 1.82) is 0 Å². The molecule has 1 atom stereocenters. The van der Waals surface area contributed by atoms with Gasteiger partial charge in [0.25, 0.3) is 5.91 Å². The molecule has 4 heterocycles. The van der Waals surface area contributed by atoms with E-state index in [4.69, 9.17) is 9.51 Å². The molecule has 24 heavy (non-hydrogen) atoms. The first kappa shape index (κ1) is 15.4. The summed E-state index contributed by atoms with van der Waals surface area (Å²) in [6.07, 6.45) is 4.11. The lowest BCUT2D eigenvalue weighted by molar-refractivity contribution is 0.0704. The van der Waals surface area contributed by atoms with E-state index in [9.17, 15) is 4.79 Å². The molecule has 3 aromatic rings. The van der Waals surface area contributed by atoms with Crippen molar-refractivity contribution in [3.05, 3.63) is 40.1 Å². The van der Waals surface area contributed by atoms with Gasteiger partial charge in [0.1, 0.15) is 22.0 Å². The predicted molar refractivity (Wildman–Crippen MR) is 91.7 cm³/mol. The third-order valence-corrected chi connectivity index (χ3v) is 5.69. The third kappa shape index (κ3) is 2.34. The van der Waals surface area contributed by atoms with Gasteiger partial charge in [-0.15, -0.1) is 11.3 Å². The summed E-state index contributed by atoms with van der Waals surface area (Å²) in [5, 5.41) is 6.00. The molecule has 7 heteroatoms. The quantitative estimate of drug-likeness (QED) is 0.715. The van der Waals surface area contributed by atoms with E-state index in [1.165, 1.54) is 4.83 Å². The molecule has 0 N–H and O–H groups in total. The summed E-state index contributed by atoms with van der Waals surface area (Å²) >= 11 is 1.71. The number of piperidine rings is 1. The Balaban J connectivity index is 1.62. The smallest absolute Gasteiger partial charge is 0.259 e. The number of aryl methyl sites for hydroxylation is 3. The molecule has 0 spiro atoms. The van der Waals surface area contributed by atoms with Crippen LogP contribution >= 0.6 is 11.3 Å². The Labute approximate surface area is 144 Å². The van der Waals surface area contributed by atoms with Crippen molar-refractivity contribution in [2.75, 3.05) is 13.1 Å². The van der Waals surface area contributed by atoms with Gasteiger partial charge < -0.3 is 9.42 Å². The van der Waals surface area contributed by atoms with E-state index < -0.39 is 0 Å². The molecule has 1 unspecified atom stereocenters. The Bertz CT molecular complexity index is 888. The van der Waals surface area contributed by atoms with Gasteiger partial charge in [-0.05, 0) is 33.6 Å². The monoisotopic (exact) mass is 344 g/mol. The summed E-state index contributed by atoms with van der Waals surface area (Å²) in [4.78, 5) is 20.8. The van der Waals surface area contributed by atoms with E-state index in [1.54, 1.807) is 18.3 Å². The van der Waals surface area contributed by atoms with Crippen molar-refractivity contribution >= 4 is 22.1 Å². The molecule has 4 rings (SSSR count).